The summed E-state index contributed by atoms with van der Waals surface area (Å²) in [6.07, 6.45) is -14.8. The lowest BCUT2D eigenvalue weighted by molar-refractivity contribution is -0.332. The number of ether oxygens (including phenoxy) is 8. The predicted molar refractivity (Wildman–Crippen MR) is 497 cm³/mol. The summed E-state index contributed by atoms with van der Waals surface area (Å²) in [7, 11) is 1.47. The topological polar surface area (TPSA) is 583 Å². The maximum atomic E-state index is 14.7. The number of aliphatic hydroxyl groups is 10. The number of nitrogens with two attached hydrogens (primary N) is 4. The second-order valence-corrected chi connectivity index (χ2v) is 37.3. The van der Waals surface area contributed by atoms with Gasteiger partial charge < -0.3 is 148 Å². The lowest BCUT2D eigenvalue weighted by atomic mass is 9.78. The molecular formula is C95H127Cl2N13O24. The van der Waals surface area contributed by atoms with Crippen LogP contribution in [0, 0.1) is 36.5 Å². The average Bonchev–Trinajstić information content (AvgIpc) is 1.53. The molecule has 39 heteroatoms. The van der Waals surface area contributed by atoms with Crippen LogP contribution in [0.2, 0.25) is 10.0 Å². The molecule has 1 spiro atoms. The minimum atomic E-state index is -1.96. The number of nitrogens with zero attached hydrogens (tertiary/aromatic N) is 6. The molecule has 4 bridgehead atoms. The minimum Gasteiger partial charge on any atom is -0.507 e. The van der Waals surface area contributed by atoms with Gasteiger partial charge in [0.2, 0.25) is 5.91 Å². The van der Waals surface area contributed by atoms with Crippen LogP contribution in [0.3, 0.4) is 0 Å². The summed E-state index contributed by atoms with van der Waals surface area (Å²) >= 11 is 12.2. The van der Waals surface area contributed by atoms with Crippen molar-refractivity contribution in [2.45, 2.75) is 249 Å². The number of halogens is 2. The summed E-state index contributed by atoms with van der Waals surface area (Å²) in [6, 6.07) is 24.5. The zero-order valence-corrected chi connectivity index (χ0v) is 78.6. The van der Waals surface area contributed by atoms with E-state index in [1.54, 1.807) is 65.8 Å². The van der Waals surface area contributed by atoms with Crippen molar-refractivity contribution in [2.24, 2.45) is 67.5 Å². The predicted octanol–water partition coefficient (Wildman–Crippen LogP) is 3.82. The van der Waals surface area contributed by atoms with Crippen molar-refractivity contribution in [3.8, 4) is 34.3 Å². The summed E-state index contributed by atoms with van der Waals surface area (Å²) in [5, 5.41) is 141. The van der Waals surface area contributed by atoms with Gasteiger partial charge in [0, 0.05) is 134 Å². The van der Waals surface area contributed by atoms with E-state index in [1.807, 2.05) is 66.7 Å². The van der Waals surface area contributed by atoms with Crippen LogP contribution in [0.15, 0.2) is 136 Å². The number of fused-ring (bicyclic) bond motifs is 3. The lowest BCUT2D eigenvalue weighted by Gasteiger charge is -2.49. The Kier molecular flexibility index (Phi) is 34.0. The Bertz CT molecular complexity index is 5610. The van der Waals surface area contributed by atoms with Crippen molar-refractivity contribution in [1.82, 2.24) is 19.8 Å². The first kappa shape index (κ1) is 104. The molecule has 4 fully saturated rings. The quantitative estimate of drug-likeness (QED) is 0.0330. The molecule has 37 nitrogen and oxygen atoms in total. The number of phenols is 2. The Morgan fingerprint density at radius 1 is 0.746 bits per heavy atom. The van der Waals surface area contributed by atoms with E-state index in [-0.39, 0.29) is 87.3 Å². The standard InChI is InChI=1S/C46H62N4O11.C27H22Cl2N4.C22H43N5O13/c1-22(2)21-50-18-16-46(17-19-50)48-34-31-32-39(54)28(8)42-33(31)43(56)45(10,61-42)59-20-15-30(58-11)25(5)41(60-29(9)51)27(7)38(53)26(6)37(52)23(3)13-12-14-24(4)44(57)47-36(40(32)55)35(34)49-46;1-17(2)30-24-16-27-25(15-23(24)31-20-11-7-18(28)8-12-20)32-22-5-3-4-6-26(22)33(27)21-13-9-19(29)10-14-21;23-2-1-8(29)20(36)27-7-3-6(25)18(39-22-16(34)15(33)13(31)9(4-24)37-22)17(35)19(7)40-21-14(32)11(26)12(30)10(5-28)38-21/h12-15,20,22-23,25-27,30,37-38,41,52-55H,16-19,21H2,1-11H3,(H,47,57);3-17,31H,1-2H3;6-19,21-22,28-35H,1-5,23-26H2,(H,27,36)/b13-12+,20-15+,24-14-;;/t23-,25+,26+,27+,30-,37-,38+,41+,45-;;6-,7+,8-,9+,10+,11-,12+,13+,14+,15-,16+,17-,18+,19-,21+,22+/m0.0/s1. The number of rotatable bonds is 18. The third-order valence-electron chi connectivity index (χ3n) is 25.7. The van der Waals surface area contributed by atoms with Gasteiger partial charge >= 0.3 is 11.8 Å². The first-order chi connectivity index (χ1) is 63.5. The Morgan fingerprint density at radius 3 is 2.02 bits per heavy atom. The molecule has 730 valence electrons. The number of allylic oxidation sites excluding steroid dienone is 2. The van der Waals surface area contributed by atoms with Crippen LogP contribution < -0.4 is 59.7 Å². The van der Waals surface area contributed by atoms with E-state index in [0.717, 1.165) is 51.4 Å². The number of esters is 1. The number of Topliss-reactive ketones (excluding diaryl/α,β-unsaturated/α-hetero) is 1. The smallest absolute Gasteiger partial charge is 0.312 e. The molecule has 134 heavy (non-hydrogen) atoms. The highest BCUT2D eigenvalue weighted by Crippen LogP contribution is 2.51. The highest BCUT2D eigenvalue weighted by atomic mass is 35.5. The van der Waals surface area contributed by atoms with Crippen molar-refractivity contribution in [1.29, 1.82) is 0 Å². The number of benzene rings is 6. The van der Waals surface area contributed by atoms with Gasteiger partial charge in [-0.2, -0.15) is 0 Å². The fourth-order valence-electron chi connectivity index (χ4n) is 18.2. The second kappa shape index (κ2) is 44.0. The molecule has 0 radical (unpaired) electrons. The third kappa shape index (κ3) is 22.4. The largest absolute Gasteiger partial charge is 0.507 e. The molecule has 1 saturated carbocycles. The number of piperidine rings is 1. The maximum Gasteiger partial charge on any atom is 0.312 e. The van der Waals surface area contributed by atoms with Crippen LogP contribution >= 0.6 is 23.2 Å². The number of amides is 2. The Balaban J connectivity index is 0.000000192. The number of carbonyl (C=O) groups is 4. The van der Waals surface area contributed by atoms with Crippen LogP contribution in [0.4, 0.5) is 17.1 Å². The van der Waals surface area contributed by atoms with Crippen molar-refractivity contribution in [3.63, 3.8) is 0 Å². The number of anilines is 3. The van der Waals surface area contributed by atoms with Gasteiger partial charge in [0.25, 0.3) is 11.7 Å². The number of methoxy groups -OCH3 is 1. The van der Waals surface area contributed by atoms with Gasteiger partial charge in [-0.05, 0) is 132 Å². The fraction of sp³-hybridized carbons (Fsp3) is 0.537. The zero-order valence-electron chi connectivity index (χ0n) is 77.1. The Morgan fingerprint density at radius 2 is 1.39 bits per heavy atom. The van der Waals surface area contributed by atoms with Crippen molar-refractivity contribution in [3.05, 3.63) is 158 Å². The summed E-state index contributed by atoms with van der Waals surface area (Å²) in [4.78, 5) is 76.1. The first-order valence-electron chi connectivity index (χ1n) is 45.0. The molecular weight excluding hydrogens is 1780 g/mol. The number of phenolic OH excluding ortho intramolecular Hbond substituents is 2. The van der Waals surface area contributed by atoms with E-state index in [0.29, 0.717) is 41.9 Å². The van der Waals surface area contributed by atoms with Crippen molar-refractivity contribution < 1.29 is 118 Å². The molecule has 5 aromatic carbocycles. The van der Waals surface area contributed by atoms with E-state index in [2.05, 4.69) is 71.3 Å². The van der Waals surface area contributed by atoms with Crippen LogP contribution in [0.5, 0.6) is 17.2 Å². The monoisotopic (exact) mass is 1900 g/mol. The van der Waals surface area contributed by atoms with Crippen LogP contribution in [-0.2, 0) is 47.5 Å². The van der Waals surface area contributed by atoms with E-state index in [9.17, 15) is 80.5 Å². The number of aromatic nitrogens is 2. The highest BCUT2D eigenvalue weighted by Gasteiger charge is 2.55. The number of hydrogen-bond acceptors (Lipinski definition) is 34. The van der Waals surface area contributed by atoms with E-state index >= 15 is 0 Å². The maximum absolute atomic E-state index is 14.7. The zero-order chi connectivity index (χ0) is 97.7. The van der Waals surface area contributed by atoms with Gasteiger partial charge in [-0.25, -0.2) is 4.98 Å². The molecule has 9 aliphatic rings. The minimum absolute atomic E-state index is 0.0101. The molecule has 7 heterocycles. The molecule has 0 aromatic heterocycles. The van der Waals surface area contributed by atoms with Crippen LogP contribution in [0.1, 0.15) is 118 Å². The molecule has 23 N–H and O–H groups in total. The number of aliphatic hydroxyl groups excluding tert-OH is 10. The summed E-state index contributed by atoms with van der Waals surface area (Å²) in [5.41, 5.74) is 29.1. The van der Waals surface area contributed by atoms with Crippen LogP contribution in [0.25, 0.3) is 38.9 Å². The van der Waals surface area contributed by atoms with E-state index < -0.39 is 193 Å². The van der Waals surface area contributed by atoms with Gasteiger partial charge in [0.15, 0.2) is 24.0 Å². The Hall–Kier alpha value is -9.34. The van der Waals surface area contributed by atoms with Gasteiger partial charge in [0.05, 0.1) is 93.0 Å². The second-order valence-electron chi connectivity index (χ2n) is 36.4. The van der Waals surface area contributed by atoms with Crippen molar-refractivity contribution >= 4 is 85.6 Å². The molecule has 3 saturated heterocycles. The van der Waals surface area contributed by atoms with Gasteiger partial charge in [0.1, 0.15) is 95.8 Å². The number of aromatic hydroxyl groups is 2. The van der Waals surface area contributed by atoms with Crippen LogP contribution in [-0.4, -0.2) is 285 Å². The summed E-state index contributed by atoms with van der Waals surface area (Å²) in [6.45, 7) is 22.8. The number of likely N-dealkylation sites (tertiary alicyclic amines) is 1. The van der Waals surface area contributed by atoms with Gasteiger partial charge in [-0.15, -0.1) is 0 Å². The van der Waals surface area contributed by atoms with Crippen molar-refractivity contribution in [2.75, 3.05) is 57.1 Å². The SMILES string of the molecule is CC(C)N=c1cc2n(-c3ccc(Cl)cc3)c3ccccc3nc-2cc1Nc1ccc(Cl)cc1.CO[C@H]1/C=C/O[C@@]2(C)Oc3c(C)c(O)c4c(O)c(c5c(c4c3C2=O)=NC2(CCN(CC(C)C)CC2)N=5)NC(=O)/C(C)=C\C=C\[C@H](C)[C@H](O)[C@@H](C)[C@@H](O)[C@@H](C)[C@H](OC(C)=O)[C@@H]1C.NCC[C@H](O)C(=O)N[C@@H]1C[C@H](N)[C@@H](O[C@H]2O[C@H](CN)[C@@H](O)[C@H](O)[C@H]2O)[C@H](O)[C@H]1O[C@H]1O[C@H](CO)[C@@H](O)[C@H](N)[C@H]1O. The Labute approximate surface area is 785 Å². The number of nitrogens with one attached hydrogen (secondary N) is 3. The number of carbonyl (C=O) groups excluding carboxylic acids is 4. The van der Waals surface area contributed by atoms with Gasteiger partial charge in [-0.3, -0.25) is 34.2 Å². The molecule has 25 atom stereocenters. The molecule has 2 aliphatic carbocycles. The van der Waals surface area contributed by atoms with Gasteiger partial charge in [-0.1, -0.05) is 95.1 Å². The van der Waals surface area contributed by atoms with E-state index in [1.165, 1.54) is 27.2 Å². The number of para-hydroxylation sites is 2. The summed E-state index contributed by atoms with van der Waals surface area (Å²) < 4.78 is 48.7. The average molecular weight is 1910 g/mol. The lowest BCUT2D eigenvalue weighted by Crippen LogP contribution is -2.69. The van der Waals surface area contributed by atoms with E-state index in [4.69, 9.17) is 104 Å². The third-order valence-corrected chi connectivity index (χ3v) is 26.2. The molecule has 14 rings (SSSR count). The summed E-state index contributed by atoms with van der Waals surface area (Å²) in [5.74, 6) is -7.29. The fourth-order valence-corrected chi connectivity index (χ4v) is 18.4. The molecule has 2 amide bonds. The normalized spacial score (nSPS) is 31.9. The molecule has 7 aliphatic heterocycles. The molecule has 5 aromatic rings. The number of hydrogen-bond donors (Lipinski definition) is 19. The molecule has 0 unspecified atom stereocenters. The number of ketones is 1. The highest BCUT2D eigenvalue weighted by molar-refractivity contribution is 6.31. The first-order valence-corrected chi connectivity index (χ1v) is 45.8.